The minimum Gasteiger partial charge on any atom is -0.345 e. The van der Waals surface area contributed by atoms with Crippen molar-refractivity contribution in [3.8, 4) is 0 Å². The average Bonchev–Trinajstić information content (AvgIpc) is 2.63. The predicted molar refractivity (Wildman–Crippen MR) is 72.2 cm³/mol. The number of aromatic nitrogens is 1. The number of anilines is 1. The number of benzene rings is 1. The third kappa shape index (κ3) is 2.61. The van der Waals surface area contributed by atoms with Crippen LogP contribution >= 0.6 is 15.9 Å². The summed E-state index contributed by atoms with van der Waals surface area (Å²) in [6.07, 6.45) is 1.79. The molecular weight excluding hydrogens is 299 g/mol. The molecule has 0 fully saturated rings. The quantitative estimate of drug-likeness (QED) is 0.905. The van der Waals surface area contributed by atoms with Crippen LogP contribution in [0.5, 0.6) is 0 Å². The number of nitrogens with one attached hydrogen (secondary N) is 1. The Balaban J connectivity index is 2.26. The van der Waals surface area contributed by atoms with Crippen molar-refractivity contribution in [2.75, 3.05) is 5.32 Å². The van der Waals surface area contributed by atoms with Gasteiger partial charge in [-0.2, -0.15) is 0 Å². The standard InChI is InChI=1S/C13H12BrFN2O/c1-8-3-4-10(15)6-11(8)16-13(18)12-5-9(14)7-17(12)2/h3-7H,1-2H3,(H,16,18). The molecule has 0 aliphatic rings. The Bertz CT molecular complexity index is 607. The molecule has 0 spiro atoms. The van der Waals surface area contributed by atoms with Crippen LogP contribution < -0.4 is 5.32 Å². The van der Waals surface area contributed by atoms with Crippen molar-refractivity contribution in [2.45, 2.75) is 6.92 Å². The molecule has 1 aromatic carbocycles. The second-order valence-corrected chi connectivity index (χ2v) is 4.98. The van der Waals surface area contributed by atoms with Crippen LogP contribution in [0.3, 0.4) is 0 Å². The van der Waals surface area contributed by atoms with Crippen LogP contribution in [0.1, 0.15) is 16.1 Å². The van der Waals surface area contributed by atoms with Gasteiger partial charge in [-0.05, 0) is 46.6 Å². The van der Waals surface area contributed by atoms with Crippen molar-refractivity contribution < 1.29 is 9.18 Å². The molecule has 1 aromatic heterocycles. The fraction of sp³-hybridized carbons (Fsp3) is 0.154. The van der Waals surface area contributed by atoms with E-state index in [1.165, 1.54) is 12.1 Å². The summed E-state index contributed by atoms with van der Waals surface area (Å²) in [7, 11) is 1.78. The van der Waals surface area contributed by atoms with Crippen LogP contribution in [0.4, 0.5) is 10.1 Å². The molecule has 0 saturated carbocycles. The number of amides is 1. The number of carbonyl (C=O) groups is 1. The Morgan fingerprint density at radius 1 is 1.39 bits per heavy atom. The van der Waals surface area contributed by atoms with E-state index in [-0.39, 0.29) is 11.7 Å². The third-order valence-electron chi connectivity index (χ3n) is 2.65. The molecule has 0 bridgehead atoms. The minimum absolute atomic E-state index is 0.267. The van der Waals surface area contributed by atoms with Gasteiger partial charge < -0.3 is 9.88 Å². The van der Waals surface area contributed by atoms with Crippen LogP contribution in [0.2, 0.25) is 0 Å². The number of rotatable bonds is 2. The monoisotopic (exact) mass is 310 g/mol. The van der Waals surface area contributed by atoms with E-state index in [9.17, 15) is 9.18 Å². The van der Waals surface area contributed by atoms with Crippen molar-refractivity contribution in [2.24, 2.45) is 7.05 Å². The predicted octanol–water partition coefficient (Wildman–Crippen LogP) is 3.49. The maximum atomic E-state index is 13.1. The highest BCUT2D eigenvalue weighted by Crippen LogP contribution is 2.19. The van der Waals surface area contributed by atoms with Crippen LogP contribution in [-0.2, 0) is 7.05 Å². The van der Waals surface area contributed by atoms with E-state index in [4.69, 9.17) is 0 Å². The summed E-state index contributed by atoms with van der Waals surface area (Å²) in [6.45, 7) is 1.82. The summed E-state index contributed by atoms with van der Waals surface area (Å²) in [5, 5.41) is 2.70. The summed E-state index contributed by atoms with van der Waals surface area (Å²) in [6, 6.07) is 6.02. The van der Waals surface area contributed by atoms with Crippen molar-refractivity contribution in [1.82, 2.24) is 4.57 Å². The number of halogens is 2. The zero-order valence-corrected chi connectivity index (χ0v) is 11.6. The SMILES string of the molecule is Cc1ccc(F)cc1NC(=O)c1cc(Br)cn1C. The number of hydrogen-bond acceptors (Lipinski definition) is 1. The lowest BCUT2D eigenvalue weighted by atomic mass is 10.2. The molecule has 5 heteroatoms. The first kappa shape index (κ1) is 12.8. The van der Waals surface area contributed by atoms with Crippen LogP contribution in [-0.4, -0.2) is 10.5 Å². The molecule has 0 aliphatic heterocycles. The van der Waals surface area contributed by atoms with Gasteiger partial charge in [0.05, 0.1) is 0 Å². The van der Waals surface area contributed by atoms with E-state index < -0.39 is 0 Å². The third-order valence-corrected chi connectivity index (χ3v) is 3.09. The molecule has 18 heavy (non-hydrogen) atoms. The highest BCUT2D eigenvalue weighted by Gasteiger charge is 2.12. The van der Waals surface area contributed by atoms with Gasteiger partial charge in [-0.1, -0.05) is 6.07 Å². The average molecular weight is 311 g/mol. The molecule has 2 aromatic rings. The highest BCUT2D eigenvalue weighted by atomic mass is 79.9. The largest absolute Gasteiger partial charge is 0.345 e. The molecule has 1 N–H and O–H groups in total. The van der Waals surface area contributed by atoms with Gasteiger partial charge in [0, 0.05) is 23.4 Å². The molecule has 0 radical (unpaired) electrons. The molecular formula is C13H12BrFN2O. The van der Waals surface area contributed by atoms with Gasteiger partial charge in [-0.3, -0.25) is 4.79 Å². The second kappa shape index (κ2) is 4.94. The fourth-order valence-corrected chi connectivity index (χ4v) is 2.19. The zero-order valence-electron chi connectivity index (χ0n) is 10.00. The van der Waals surface area contributed by atoms with Crippen molar-refractivity contribution in [3.63, 3.8) is 0 Å². The van der Waals surface area contributed by atoms with Gasteiger partial charge in [-0.15, -0.1) is 0 Å². The highest BCUT2D eigenvalue weighted by molar-refractivity contribution is 9.10. The summed E-state index contributed by atoms with van der Waals surface area (Å²) in [4.78, 5) is 12.0. The van der Waals surface area contributed by atoms with Gasteiger partial charge in [0.15, 0.2) is 0 Å². The lowest BCUT2D eigenvalue weighted by molar-refractivity contribution is 0.101. The number of carbonyl (C=O) groups excluding carboxylic acids is 1. The van der Waals surface area contributed by atoms with E-state index in [0.717, 1.165) is 10.0 Å². The first-order valence-electron chi connectivity index (χ1n) is 5.37. The fourth-order valence-electron chi connectivity index (χ4n) is 1.67. The lowest BCUT2D eigenvalue weighted by Gasteiger charge is -2.08. The van der Waals surface area contributed by atoms with E-state index in [0.29, 0.717) is 11.4 Å². The zero-order chi connectivity index (χ0) is 13.3. The van der Waals surface area contributed by atoms with Gasteiger partial charge in [0.25, 0.3) is 5.91 Å². The summed E-state index contributed by atoms with van der Waals surface area (Å²) < 4.78 is 15.6. The van der Waals surface area contributed by atoms with Crippen molar-refractivity contribution in [3.05, 3.63) is 52.0 Å². The Hall–Kier alpha value is -1.62. The maximum absolute atomic E-state index is 13.1. The Kier molecular flexibility index (Phi) is 3.52. The van der Waals surface area contributed by atoms with E-state index >= 15 is 0 Å². The maximum Gasteiger partial charge on any atom is 0.272 e. The van der Waals surface area contributed by atoms with Crippen molar-refractivity contribution in [1.29, 1.82) is 0 Å². The van der Waals surface area contributed by atoms with Crippen molar-refractivity contribution >= 4 is 27.5 Å². The molecule has 1 amide bonds. The molecule has 0 aliphatic carbocycles. The Labute approximate surface area is 113 Å². The molecule has 0 atom stereocenters. The minimum atomic E-state index is -0.371. The van der Waals surface area contributed by atoms with Crippen LogP contribution in [0, 0.1) is 12.7 Å². The molecule has 0 unspecified atom stereocenters. The summed E-state index contributed by atoms with van der Waals surface area (Å²) in [5.74, 6) is -0.638. The second-order valence-electron chi connectivity index (χ2n) is 4.07. The van der Waals surface area contributed by atoms with E-state index in [1.807, 2.05) is 6.92 Å². The van der Waals surface area contributed by atoms with Gasteiger partial charge in [-0.25, -0.2) is 4.39 Å². The summed E-state index contributed by atoms with van der Waals surface area (Å²) >= 11 is 3.30. The molecule has 1 heterocycles. The summed E-state index contributed by atoms with van der Waals surface area (Å²) in [5.41, 5.74) is 1.81. The lowest BCUT2D eigenvalue weighted by Crippen LogP contribution is -2.16. The molecule has 0 saturated heterocycles. The number of hydrogen-bond donors (Lipinski definition) is 1. The van der Waals surface area contributed by atoms with E-state index in [2.05, 4.69) is 21.2 Å². The van der Waals surface area contributed by atoms with Gasteiger partial charge >= 0.3 is 0 Å². The van der Waals surface area contributed by atoms with E-state index in [1.54, 1.807) is 29.9 Å². The molecule has 2 rings (SSSR count). The number of nitrogens with zero attached hydrogens (tertiary/aromatic N) is 1. The van der Waals surface area contributed by atoms with Crippen LogP contribution in [0.25, 0.3) is 0 Å². The van der Waals surface area contributed by atoms with Crippen LogP contribution in [0.15, 0.2) is 34.9 Å². The molecule has 94 valence electrons. The number of aryl methyl sites for hydroxylation is 2. The normalized spacial score (nSPS) is 10.4. The van der Waals surface area contributed by atoms with Gasteiger partial charge in [0.1, 0.15) is 11.5 Å². The first-order valence-corrected chi connectivity index (χ1v) is 6.16. The Morgan fingerprint density at radius 3 is 2.72 bits per heavy atom. The topological polar surface area (TPSA) is 34.0 Å². The Morgan fingerprint density at radius 2 is 2.11 bits per heavy atom. The molecule has 3 nitrogen and oxygen atoms in total. The first-order chi connectivity index (χ1) is 8.47. The van der Waals surface area contributed by atoms with Gasteiger partial charge in [0.2, 0.25) is 0 Å². The smallest absolute Gasteiger partial charge is 0.272 e.